The molecule has 2 heterocycles. The Kier molecular flexibility index (Phi) is 6.80. The number of nitrogens with one attached hydrogen (secondary N) is 1. The van der Waals surface area contributed by atoms with Crippen molar-refractivity contribution in [2.24, 2.45) is 5.92 Å². The number of carbonyl (C=O) groups excluding carboxylic acids is 1. The molecule has 0 bridgehead atoms. The van der Waals surface area contributed by atoms with Crippen molar-refractivity contribution in [2.45, 2.75) is 37.7 Å². The van der Waals surface area contributed by atoms with Crippen LogP contribution in [0, 0.1) is 5.92 Å². The summed E-state index contributed by atoms with van der Waals surface area (Å²) in [6.45, 7) is 7.13. The van der Waals surface area contributed by atoms with E-state index in [-0.39, 0.29) is 11.2 Å². The molecule has 0 aliphatic heterocycles. The predicted octanol–water partition coefficient (Wildman–Crippen LogP) is 4.49. The lowest BCUT2D eigenvalue weighted by molar-refractivity contribution is -0.120. The van der Waals surface area contributed by atoms with Crippen molar-refractivity contribution >= 4 is 29.3 Å². The summed E-state index contributed by atoms with van der Waals surface area (Å²) in [5.41, 5.74) is 0.896. The van der Waals surface area contributed by atoms with Crippen LogP contribution in [0.1, 0.15) is 26.5 Å². The smallest absolute Gasteiger partial charge is 0.233 e. The van der Waals surface area contributed by atoms with Crippen LogP contribution in [0.2, 0.25) is 5.02 Å². The van der Waals surface area contributed by atoms with Crippen molar-refractivity contribution in [2.75, 3.05) is 6.54 Å². The Morgan fingerprint density at radius 3 is 2.61 bits per heavy atom. The summed E-state index contributed by atoms with van der Waals surface area (Å²) in [5, 5.41) is 12.7. The van der Waals surface area contributed by atoms with E-state index in [2.05, 4.69) is 29.4 Å². The Bertz CT molecular complexity index is 907. The maximum atomic E-state index is 12.4. The van der Waals surface area contributed by atoms with Gasteiger partial charge in [-0.25, -0.2) is 0 Å². The second kappa shape index (κ2) is 9.30. The Balaban J connectivity index is 1.86. The first-order chi connectivity index (χ1) is 13.4. The van der Waals surface area contributed by atoms with Crippen molar-refractivity contribution in [3.05, 3.63) is 53.4 Å². The zero-order valence-corrected chi connectivity index (χ0v) is 17.6. The minimum absolute atomic E-state index is 0.0145. The van der Waals surface area contributed by atoms with Crippen LogP contribution >= 0.6 is 23.4 Å². The Morgan fingerprint density at radius 2 is 1.96 bits per heavy atom. The highest BCUT2D eigenvalue weighted by Crippen LogP contribution is 2.28. The van der Waals surface area contributed by atoms with Crippen LogP contribution in [0.4, 0.5) is 0 Å². The van der Waals surface area contributed by atoms with E-state index in [9.17, 15) is 4.79 Å². The number of thioether (sulfide) groups is 1. The molecule has 1 atom stereocenters. The molecule has 0 aliphatic rings. The third-order valence-corrected chi connectivity index (χ3v) is 5.38. The molecule has 0 saturated heterocycles. The normalized spacial score (nSPS) is 12.3. The molecule has 0 aliphatic carbocycles. The predicted molar refractivity (Wildman–Crippen MR) is 111 cm³/mol. The SMILES string of the molecule is CC(C)CNC(=O)C(C)Sc1nnc(-c2ccc(Cl)cc2)n1Cc1ccco1. The molecule has 28 heavy (non-hydrogen) atoms. The zero-order chi connectivity index (χ0) is 20.1. The number of rotatable bonds is 8. The molecule has 1 unspecified atom stereocenters. The van der Waals surface area contributed by atoms with Crippen LogP contribution in [0.5, 0.6) is 0 Å². The molecule has 0 fully saturated rings. The van der Waals surface area contributed by atoms with Gasteiger partial charge in [0.05, 0.1) is 18.1 Å². The van der Waals surface area contributed by atoms with E-state index in [1.165, 1.54) is 11.8 Å². The molecule has 3 aromatic rings. The second-order valence-corrected chi connectivity index (χ2v) is 8.62. The fraction of sp³-hybridized carbons (Fsp3) is 0.350. The van der Waals surface area contributed by atoms with E-state index in [4.69, 9.17) is 16.0 Å². The Labute approximate surface area is 173 Å². The maximum Gasteiger partial charge on any atom is 0.233 e. The summed E-state index contributed by atoms with van der Waals surface area (Å²) in [6.07, 6.45) is 1.64. The molecule has 1 aromatic carbocycles. The largest absolute Gasteiger partial charge is 0.467 e. The minimum atomic E-state index is -0.295. The standard InChI is InChI=1S/C20H23ClN4O2S/c1-13(2)11-22-19(26)14(3)28-20-24-23-18(15-6-8-16(21)9-7-15)25(20)12-17-5-4-10-27-17/h4-10,13-14H,11-12H2,1-3H3,(H,22,26). The first-order valence-electron chi connectivity index (χ1n) is 9.10. The highest BCUT2D eigenvalue weighted by Gasteiger charge is 2.21. The average molecular weight is 419 g/mol. The van der Waals surface area contributed by atoms with E-state index in [1.54, 1.807) is 6.26 Å². The topological polar surface area (TPSA) is 73.0 Å². The van der Waals surface area contributed by atoms with Crippen LogP contribution in [-0.2, 0) is 11.3 Å². The van der Waals surface area contributed by atoms with E-state index >= 15 is 0 Å². The van der Waals surface area contributed by atoms with Crippen LogP contribution in [0.15, 0.2) is 52.2 Å². The summed E-state index contributed by atoms with van der Waals surface area (Å²) in [5.74, 6) is 1.87. The molecule has 148 valence electrons. The van der Waals surface area contributed by atoms with E-state index in [0.29, 0.717) is 35.0 Å². The van der Waals surface area contributed by atoms with Crippen molar-refractivity contribution in [3.63, 3.8) is 0 Å². The number of amides is 1. The van der Waals surface area contributed by atoms with Crippen molar-refractivity contribution < 1.29 is 9.21 Å². The van der Waals surface area contributed by atoms with Gasteiger partial charge in [-0.3, -0.25) is 9.36 Å². The number of hydrogen-bond acceptors (Lipinski definition) is 5. The van der Waals surface area contributed by atoms with Crippen LogP contribution in [0.25, 0.3) is 11.4 Å². The number of halogens is 1. The molecular formula is C20H23ClN4O2S. The van der Waals surface area contributed by atoms with Gasteiger partial charge in [-0.05, 0) is 49.2 Å². The molecule has 0 saturated carbocycles. The number of furan rings is 1. The third-order valence-electron chi connectivity index (χ3n) is 4.05. The van der Waals surface area contributed by atoms with E-state index in [0.717, 1.165) is 11.3 Å². The fourth-order valence-electron chi connectivity index (χ4n) is 2.55. The van der Waals surface area contributed by atoms with Gasteiger partial charge in [0, 0.05) is 17.1 Å². The van der Waals surface area contributed by atoms with Crippen LogP contribution < -0.4 is 5.32 Å². The average Bonchev–Trinajstić information content (AvgIpc) is 3.31. The van der Waals surface area contributed by atoms with Crippen LogP contribution in [-0.4, -0.2) is 32.5 Å². The Hall–Kier alpha value is -2.25. The molecule has 1 N–H and O–H groups in total. The molecular weight excluding hydrogens is 396 g/mol. The highest BCUT2D eigenvalue weighted by atomic mass is 35.5. The number of benzene rings is 1. The molecule has 8 heteroatoms. The van der Waals surface area contributed by atoms with Gasteiger partial charge in [-0.15, -0.1) is 10.2 Å². The molecule has 3 rings (SSSR count). The van der Waals surface area contributed by atoms with Crippen molar-refractivity contribution in [1.82, 2.24) is 20.1 Å². The fourth-order valence-corrected chi connectivity index (χ4v) is 3.55. The first-order valence-corrected chi connectivity index (χ1v) is 10.4. The van der Waals surface area contributed by atoms with Gasteiger partial charge in [0.1, 0.15) is 5.76 Å². The summed E-state index contributed by atoms with van der Waals surface area (Å²) < 4.78 is 7.46. The molecule has 1 amide bonds. The van der Waals surface area contributed by atoms with E-state index < -0.39 is 0 Å². The molecule has 0 spiro atoms. The number of aromatic nitrogens is 3. The highest BCUT2D eigenvalue weighted by molar-refractivity contribution is 8.00. The summed E-state index contributed by atoms with van der Waals surface area (Å²) in [6, 6.07) is 11.2. The summed E-state index contributed by atoms with van der Waals surface area (Å²) in [4.78, 5) is 12.4. The van der Waals surface area contributed by atoms with Crippen molar-refractivity contribution in [1.29, 1.82) is 0 Å². The monoisotopic (exact) mass is 418 g/mol. The third kappa shape index (κ3) is 5.17. The van der Waals surface area contributed by atoms with Gasteiger partial charge < -0.3 is 9.73 Å². The zero-order valence-electron chi connectivity index (χ0n) is 16.1. The first kappa shape index (κ1) is 20.5. The quantitative estimate of drug-likeness (QED) is 0.545. The lowest BCUT2D eigenvalue weighted by Gasteiger charge is -2.14. The number of nitrogens with zero attached hydrogens (tertiary/aromatic N) is 3. The molecule has 0 radical (unpaired) electrons. The van der Waals surface area contributed by atoms with Gasteiger partial charge in [0.2, 0.25) is 5.91 Å². The van der Waals surface area contributed by atoms with Crippen LogP contribution in [0.3, 0.4) is 0 Å². The van der Waals surface area contributed by atoms with Gasteiger partial charge in [-0.2, -0.15) is 0 Å². The maximum absolute atomic E-state index is 12.4. The van der Waals surface area contributed by atoms with Gasteiger partial charge in [-0.1, -0.05) is 37.2 Å². The number of hydrogen-bond donors (Lipinski definition) is 1. The lowest BCUT2D eigenvalue weighted by atomic mass is 10.2. The molecule has 6 nitrogen and oxygen atoms in total. The summed E-state index contributed by atoms with van der Waals surface area (Å²) in [7, 11) is 0. The van der Waals surface area contributed by atoms with E-state index in [1.807, 2.05) is 47.9 Å². The lowest BCUT2D eigenvalue weighted by Crippen LogP contribution is -2.33. The van der Waals surface area contributed by atoms with Gasteiger partial charge in [0.15, 0.2) is 11.0 Å². The number of carbonyl (C=O) groups is 1. The van der Waals surface area contributed by atoms with Gasteiger partial charge in [0.25, 0.3) is 0 Å². The molecule has 2 aromatic heterocycles. The summed E-state index contributed by atoms with van der Waals surface area (Å²) >= 11 is 7.39. The second-order valence-electron chi connectivity index (χ2n) is 6.88. The minimum Gasteiger partial charge on any atom is -0.467 e. The van der Waals surface area contributed by atoms with Gasteiger partial charge >= 0.3 is 0 Å². The Morgan fingerprint density at radius 1 is 1.21 bits per heavy atom. The van der Waals surface area contributed by atoms with Crippen molar-refractivity contribution in [3.8, 4) is 11.4 Å².